The molecule has 3 rings (SSSR count). The Morgan fingerprint density at radius 3 is 2.33 bits per heavy atom. The van der Waals surface area contributed by atoms with Crippen LogP contribution in [0.15, 0.2) is 59.4 Å². The van der Waals surface area contributed by atoms with E-state index in [9.17, 15) is 14.3 Å². The lowest BCUT2D eigenvalue weighted by Crippen LogP contribution is -2.12. The Hall–Kier alpha value is -2.95. The maximum atomic E-state index is 13.8. The summed E-state index contributed by atoms with van der Waals surface area (Å²) in [5.74, 6) is -0.853. The summed E-state index contributed by atoms with van der Waals surface area (Å²) in [5.41, 5.74) is -0.0902. The summed E-state index contributed by atoms with van der Waals surface area (Å²) in [7, 11) is 0. The molecule has 0 aliphatic heterocycles. The number of hydrogen-bond acceptors (Lipinski definition) is 3. The summed E-state index contributed by atoms with van der Waals surface area (Å²) in [6.07, 6.45) is 0. The maximum absolute atomic E-state index is 13.8. The summed E-state index contributed by atoms with van der Waals surface area (Å²) in [4.78, 5) is 18.7. The van der Waals surface area contributed by atoms with Crippen molar-refractivity contribution in [1.82, 2.24) is 9.97 Å². The minimum Gasteiger partial charge on any atom is -0.493 e. The highest BCUT2D eigenvalue weighted by molar-refractivity contribution is 5.69. The molecular formula is C16H11FN2O2. The van der Waals surface area contributed by atoms with E-state index >= 15 is 0 Å². The molecule has 0 radical (unpaired) electrons. The molecule has 0 saturated heterocycles. The predicted molar refractivity (Wildman–Crippen MR) is 77.4 cm³/mol. The van der Waals surface area contributed by atoms with Gasteiger partial charge in [-0.15, -0.1) is 0 Å². The predicted octanol–water partition coefficient (Wildman–Crippen LogP) is 2.95. The van der Waals surface area contributed by atoms with Gasteiger partial charge in [-0.3, -0.25) is 4.79 Å². The van der Waals surface area contributed by atoms with Crippen molar-refractivity contribution in [3.05, 3.63) is 70.8 Å². The van der Waals surface area contributed by atoms with Crippen LogP contribution in [0.2, 0.25) is 0 Å². The highest BCUT2D eigenvalue weighted by atomic mass is 19.1. The van der Waals surface area contributed by atoms with Crippen molar-refractivity contribution in [2.24, 2.45) is 0 Å². The molecule has 2 N–H and O–H groups in total. The van der Waals surface area contributed by atoms with Crippen LogP contribution in [0.5, 0.6) is 5.88 Å². The molecule has 0 bridgehead atoms. The fraction of sp³-hybridized carbons (Fsp3) is 0. The van der Waals surface area contributed by atoms with E-state index in [4.69, 9.17) is 0 Å². The smallest absolute Gasteiger partial charge is 0.263 e. The van der Waals surface area contributed by atoms with Gasteiger partial charge >= 0.3 is 0 Å². The molecule has 21 heavy (non-hydrogen) atoms. The minimum atomic E-state index is -0.591. The van der Waals surface area contributed by atoms with E-state index in [1.807, 2.05) is 6.07 Å². The van der Waals surface area contributed by atoms with Gasteiger partial charge in [0.15, 0.2) is 0 Å². The van der Waals surface area contributed by atoms with E-state index in [0.29, 0.717) is 5.56 Å². The third kappa shape index (κ3) is 2.41. The lowest BCUT2D eigenvalue weighted by Gasteiger charge is -2.07. The summed E-state index contributed by atoms with van der Waals surface area (Å²) >= 11 is 0. The molecule has 0 fully saturated rings. The molecule has 0 spiro atoms. The van der Waals surface area contributed by atoms with Crippen LogP contribution in [0.1, 0.15) is 0 Å². The van der Waals surface area contributed by atoms with Gasteiger partial charge in [0, 0.05) is 11.1 Å². The quantitative estimate of drug-likeness (QED) is 0.759. The van der Waals surface area contributed by atoms with Crippen LogP contribution < -0.4 is 5.56 Å². The van der Waals surface area contributed by atoms with Gasteiger partial charge in [-0.1, -0.05) is 48.5 Å². The average molecular weight is 282 g/mol. The van der Waals surface area contributed by atoms with Gasteiger partial charge < -0.3 is 10.1 Å². The maximum Gasteiger partial charge on any atom is 0.263 e. The Kier molecular flexibility index (Phi) is 3.23. The first-order chi connectivity index (χ1) is 10.2. The highest BCUT2D eigenvalue weighted by Gasteiger charge is 2.16. The van der Waals surface area contributed by atoms with Crippen LogP contribution in [-0.2, 0) is 0 Å². The van der Waals surface area contributed by atoms with Crippen LogP contribution in [0.25, 0.3) is 22.5 Å². The van der Waals surface area contributed by atoms with Crippen molar-refractivity contribution in [2.45, 2.75) is 0 Å². The topological polar surface area (TPSA) is 66.0 Å². The van der Waals surface area contributed by atoms with Crippen molar-refractivity contribution in [3.63, 3.8) is 0 Å². The summed E-state index contributed by atoms with van der Waals surface area (Å²) in [6.45, 7) is 0. The number of aromatic nitrogens is 2. The van der Waals surface area contributed by atoms with Gasteiger partial charge in [0.25, 0.3) is 5.56 Å². The highest BCUT2D eigenvalue weighted by Crippen LogP contribution is 2.27. The van der Waals surface area contributed by atoms with Crippen LogP contribution in [0.4, 0.5) is 4.39 Å². The second-order valence-electron chi connectivity index (χ2n) is 4.46. The van der Waals surface area contributed by atoms with E-state index in [2.05, 4.69) is 9.97 Å². The molecule has 0 aliphatic carbocycles. The number of halogens is 1. The van der Waals surface area contributed by atoms with E-state index in [-0.39, 0.29) is 17.0 Å². The molecule has 1 aromatic heterocycles. The van der Waals surface area contributed by atoms with Gasteiger partial charge in [0.05, 0.1) is 0 Å². The normalized spacial score (nSPS) is 10.5. The molecule has 0 aliphatic rings. The van der Waals surface area contributed by atoms with Gasteiger partial charge in [-0.2, -0.15) is 4.98 Å². The van der Waals surface area contributed by atoms with Crippen LogP contribution in [0.3, 0.4) is 0 Å². The molecule has 3 aromatic rings. The zero-order valence-corrected chi connectivity index (χ0v) is 10.9. The van der Waals surface area contributed by atoms with Crippen molar-refractivity contribution in [1.29, 1.82) is 0 Å². The Morgan fingerprint density at radius 1 is 1.00 bits per heavy atom. The molecule has 1 heterocycles. The Balaban J connectivity index is 2.19. The van der Waals surface area contributed by atoms with E-state index in [0.717, 1.165) is 0 Å². The number of nitrogens with one attached hydrogen (secondary N) is 1. The summed E-state index contributed by atoms with van der Waals surface area (Å²) < 4.78 is 13.8. The third-order valence-corrected chi connectivity index (χ3v) is 3.09. The average Bonchev–Trinajstić information content (AvgIpc) is 2.49. The lowest BCUT2D eigenvalue weighted by molar-refractivity contribution is 0.453. The molecule has 0 amide bonds. The van der Waals surface area contributed by atoms with Crippen LogP contribution >= 0.6 is 0 Å². The molecule has 0 unspecified atom stereocenters. The zero-order valence-electron chi connectivity index (χ0n) is 10.9. The van der Waals surface area contributed by atoms with E-state index < -0.39 is 17.3 Å². The molecule has 2 aromatic carbocycles. The fourth-order valence-electron chi connectivity index (χ4n) is 2.10. The number of hydrogen-bond donors (Lipinski definition) is 2. The van der Waals surface area contributed by atoms with Crippen LogP contribution in [0, 0.1) is 5.82 Å². The number of aromatic amines is 1. The molecule has 104 valence electrons. The van der Waals surface area contributed by atoms with Crippen molar-refractivity contribution in [2.75, 3.05) is 0 Å². The van der Waals surface area contributed by atoms with Gasteiger partial charge in [-0.25, -0.2) is 4.39 Å². The Bertz CT molecular complexity index is 844. The largest absolute Gasteiger partial charge is 0.493 e. The SMILES string of the molecule is O=c1[nH]c(-c2ccccc2)nc(O)c1-c1ccccc1F. The molecule has 5 heteroatoms. The van der Waals surface area contributed by atoms with Crippen molar-refractivity contribution < 1.29 is 9.50 Å². The Labute approximate surface area is 119 Å². The second-order valence-corrected chi connectivity index (χ2v) is 4.46. The zero-order chi connectivity index (χ0) is 14.8. The lowest BCUT2D eigenvalue weighted by atomic mass is 10.1. The third-order valence-electron chi connectivity index (χ3n) is 3.09. The molecular weight excluding hydrogens is 271 g/mol. The van der Waals surface area contributed by atoms with E-state index in [1.54, 1.807) is 30.3 Å². The molecule has 0 saturated carbocycles. The van der Waals surface area contributed by atoms with Crippen molar-refractivity contribution >= 4 is 0 Å². The first-order valence-corrected chi connectivity index (χ1v) is 6.30. The number of rotatable bonds is 2. The van der Waals surface area contributed by atoms with Gasteiger partial charge in [0.2, 0.25) is 5.88 Å². The van der Waals surface area contributed by atoms with E-state index in [1.165, 1.54) is 18.2 Å². The summed E-state index contributed by atoms with van der Waals surface area (Å²) in [5, 5.41) is 10.0. The first-order valence-electron chi connectivity index (χ1n) is 6.30. The monoisotopic (exact) mass is 282 g/mol. The fourth-order valence-corrected chi connectivity index (χ4v) is 2.10. The first kappa shape index (κ1) is 13.1. The minimum absolute atomic E-state index is 0.0170. The number of benzene rings is 2. The Morgan fingerprint density at radius 2 is 1.67 bits per heavy atom. The number of H-pyrrole nitrogens is 1. The number of aromatic hydroxyl groups is 1. The summed E-state index contributed by atoms with van der Waals surface area (Å²) in [6, 6.07) is 14.6. The van der Waals surface area contributed by atoms with Gasteiger partial charge in [-0.05, 0) is 6.07 Å². The molecule has 0 atom stereocenters. The van der Waals surface area contributed by atoms with Gasteiger partial charge in [0.1, 0.15) is 17.2 Å². The van der Waals surface area contributed by atoms with Crippen LogP contribution in [-0.4, -0.2) is 15.1 Å². The van der Waals surface area contributed by atoms with Crippen molar-refractivity contribution in [3.8, 4) is 28.4 Å². The molecule has 4 nitrogen and oxygen atoms in total. The standard InChI is InChI=1S/C16H11FN2O2/c17-12-9-5-4-8-11(12)13-15(20)18-14(19-16(13)21)10-6-2-1-3-7-10/h1-9H,(H2,18,19,20,21). The number of nitrogens with zero attached hydrogens (tertiary/aromatic N) is 1. The second kappa shape index (κ2) is 5.20.